The van der Waals surface area contributed by atoms with Gasteiger partial charge in [-0.3, -0.25) is 9.59 Å². The first-order valence-corrected chi connectivity index (χ1v) is 13.4. The molecule has 0 bridgehead atoms. The predicted octanol–water partition coefficient (Wildman–Crippen LogP) is 6.62. The van der Waals surface area contributed by atoms with E-state index in [1.165, 1.54) is 0 Å². The molecule has 1 aliphatic rings. The van der Waals surface area contributed by atoms with Crippen LogP contribution in [0.5, 0.6) is 0 Å². The minimum Gasteiger partial charge on any atom is -0.352 e. The highest BCUT2D eigenvalue weighted by atomic mass is 35.5. The molecule has 36 heavy (non-hydrogen) atoms. The van der Waals surface area contributed by atoms with Crippen molar-refractivity contribution in [2.45, 2.75) is 63.6 Å². The molecular weight excluding hydrogens is 491 g/mol. The number of benzene rings is 3. The van der Waals surface area contributed by atoms with Gasteiger partial charge >= 0.3 is 0 Å². The lowest BCUT2D eigenvalue weighted by atomic mass is 10.0. The zero-order valence-corrected chi connectivity index (χ0v) is 21.8. The van der Waals surface area contributed by atoms with Gasteiger partial charge in [0.15, 0.2) is 0 Å². The van der Waals surface area contributed by atoms with E-state index in [0.717, 1.165) is 42.4 Å². The number of amides is 2. The van der Waals surface area contributed by atoms with Gasteiger partial charge in [-0.1, -0.05) is 96.7 Å². The van der Waals surface area contributed by atoms with Gasteiger partial charge < -0.3 is 10.2 Å². The molecule has 188 valence electrons. The fraction of sp³-hybridized carbons (Fsp3) is 0.333. The summed E-state index contributed by atoms with van der Waals surface area (Å²) in [5.74, 6) is -0.168. The van der Waals surface area contributed by atoms with Crippen molar-refractivity contribution in [2.75, 3.05) is 0 Å². The summed E-state index contributed by atoms with van der Waals surface area (Å²) in [6, 6.07) is 24.5. The molecule has 0 unspecified atom stereocenters. The monoisotopic (exact) mass is 522 g/mol. The highest BCUT2D eigenvalue weighted by Gasteiger charge is 2.32. The van der Waals surface area contributed by atoms with E-state index in [1.807, 2.05) is 78.9 Å². The third-order valence-corrected chi connectivity index (χ3v) is 7.43. The van der Waals surface area contributed by atoms with Crippen molar-refractivity contribution in [1.29, 1.82) is 0 Å². The molecule has 0 heterocycles. The Labute approximate surface area is 223 Å². The Bertz CT molecular complexity index is 1150. The van der Waals surface area contributed by atoms with Crippen LogP contribution in [-0.2, 0) is 29.0 Å². The summed E-state index contributed by atoms with van der Waals surface area (Å²) in [4.78, 5) is 29.2. The van der Waals surface area contributed by atoms with Crippen LogP contribution in [0, 0.1) is 0 Å². The molecule has 1 N–H and O–H groups in total. The molecule has 4 rings (SSSR count). The first-order chi connectivity index (χ1) is 17.5. The molecule has 1 fully saturated rings. The highest BCUT2D eigenvalue weighted by molar-refractivity contribution is 6.31. The molecule has 3 aromatic rings. The number of hydrogen-bond donors (Lipinski definition) is 1. The molecule has 2 amide bonds. The van der Waals surface area contributed by atoms with Crippen LogP contribution in [0.15, 0.2) is 78.9 Å². The molecule has 1 aliphatic carbocycles. The lowest BCUT2D eigenvalue weighted by Crippen LogP contribution is -2.52. The van der Waals surface area contributed by atoms with E-state index < -0.39 is 6.04 Å². The summed E-state index contributed by atoms with van der Waals surface area (Å²) < 4.78 is 0. The number of halogens is 2. The number of hydrogen-bond acceptors (Lipinski definition) is 2. The van der Waals surface area contributed by atoms with Gasteiger partial charge in [-0.15, -0.1) is 0 Å². The zero-order chi connectivity index (χ0) is 25.3. The lowest BCUT2D eigenvalue weighted by molar-refractivity contribution is -0.141. The van der Waals surface area contributed by atoms with Crippen LogP contribution in [0.3, 0.4) is 0 Å². The van der Waals surface area contributed by atoms with Gasteiger partial charge in [-0.25, -0.2) is 0 Å². The number of nitrogens with one attached hydrogen (secondary N) is 1. The number of aryl methyl sites for hydroxylation is 1. The Balaban J connectivity index is 1.61. The largest absolute Gasteiger partial charge is 0.352 e. The topological polar surface area (TPSA) is 49.4 Å². The number of nitrogens with zero attached hydrogens (tertiary/aromatic N) is 1. The lowest BCUT2D eigenvalue weighted by Gasteiger charge is -2.32. The van der Waals surface area contributed by atoms with E-state index in [2.05, 4.69) is 5.32 Å². The molecule has 0 radical (unpaired) electrons. The molecule has 0 saturated heterocycles. The normalized spacial score (nSPS) is 14.4. The Kier molecular flexibility index (Phi) is 9.43. The van der Waals surface area contributed by atoms with Crippen LogP contribution in [-0.4, -0.2) is 28.8 Å². The van der Waals surface area contributed by atoms with Crippen LogP contribution >= 0.6 is 23.2 Å². The smallest absolute Gasteiger partial charge is 0.243 e. The number of rotatable bonds is 10. The van der Waals surface area contributed by atoms with Crippen LogP contribution in [0.1, 0.15) is 48.8 Å². The van der Waals surface area contributed by atoms with Crippen molar-refractivity contribution in [3.05, 3.63) is 106 Å². The SMILES string of the molecule is O=C(NC1CCCC1)[C@H](Cc1ccccc1)N(Cc1ccc(Cl)cc1)C(=O)CCc1ccccc1Cl. The Hall–Kier alpha value is -2.82. The van der Waals surface area contributed by atoms with Gasteiger partial charge in [0.25, 0.3) is 0 Å². The molecule has 0 spiro atoms. The number of carbonyl (C=O) groups excluding carboxylic acids is 2. The molecule has 0 aliphatic heterocycles. The first kappa shape index (κ1) is 26.2. The van der Waals surface area contributed by atoms with Crippen molar-refractivity contribution < 1.29 is 9.59 Å². The summed E-state index contributed by atoms with van der Waals surface area (Å²) >= 11 is 12.4. The predicted molar refractivity (Wildman–Crippen MR) is 146 cm³/mol. The standard InChI is InChI=1S/C30H32Cl2N2O2/c31-25-17-14-23(15-18-25)21-34(29(35)19-16-24-10-4-7-13-27(24)32)28(20-22-8-2-1-3-9-22)30(36)33-26-11-5-6-12-26/h1-4,7-10,13-15,17-18,26,28H,5-6,11-12,16,19-21H2,(H,33,36)/t28-/m0/s1. The molecule has 4 nitrogen and oxygen atoms in total. The minimum atomic E-state index is -0.623. The fourth-order valence-electron chi connectivity index (χ4n) is 4.79. The fourth-order valence-corrected chi connectivity index (χ4v) is 5.15. The maximum atomic E-state index is 13.7. The Morgan fingerprint density at radius 3 is 2.22 bits per heavy atom. The van der Waals surface area contributed by atoms with Crippen LogP contribution in [0.25, 0.3) is 0 Å². The third kappa shape index (κ3) is 7.35. The molecule has 1 atom stereocenters. The second kappa shape index (κ2) is 12.9. The first-order valence-electron chi connectivity index (χ1n) is 12.6. The highest BCUT2D eigenvalue weighted by Crippen LogP contribution is 2.22. The van der Waals surface area contributed by atoms with E-state index in [4.69, 9.17) is 23.2 Å². The second-order valence-electron chi connectivity index (χ2n) is 9.44. The van der Waals surface area contributed by atoms with Crippen LogP contribution < -0.4 is 5.32 Å². The van der Waals surface area contributed by atoms with Crippen LogP contribution in [0.2, 0.25) is 10.0 Å². The van der Waals surface area contributed by atoms with Gasteiger partial charge in [0, 0.05) is 35.5 Å². The summed E-state index contributed by atoms with van der Waals surface area (Å²) in [6.45, 7) is 0.327. The van der Waals surface area contributed by atoms with Crippen molar-refractivity contribution in [2.24, 2.45) is 0 Å². The van der Waals surface area contributed by atoms with Crippen molar-refractivity contribution in [1.82, 2.24) is 10.2 Å². The summed E-state index contributed by atoms with van der Waals surface area (Å²) in [7, 11) is 0. The summed E-state index contributed by atoms with van der Waals surface area (Å²) in [6.07, 6.45) is 5.45. The van der Waals surface area contributed by atoms with Gasteiger partial charge in [0.2, 0.25) is 11.8 Å². The minimum absolute atomic E-state index is 0.0765. The Morgan fingerprint density at radius 2 is 1.53 bits per heavy atom. The average molecular weight is 524 g/mol. The Morgan fingerprint density at radius 1 is 0.861 bits per heavy atom. The van der Waals surface area contributed by atoms with Crippen molar-refractivity contribution in [3.8, 4) is 0 Å². The van der Waals surface area contributed by atoms with E-state index in [-0.39, 0.29) is 24.3 Å². The van der Waals surface area contributed by atoms with Gasteiger partial charge in [-0.2, -0.15) is 0 Å². The van der Waals surface area contributed by atoms with Gasteiger partial charge in [-0.05, 0) is 54.2 Å². The maximum Gasteiger partial charge on any atom is 0.243 e. The summed E-state index contributed by atoms with van der Waals surface area (Å²) in [5.41, 5.74) is 2.87. The molecule has 0 aromatic heterocycles. The molecule has 1 saturated carbocycles. The van der Waals surface area contributed by atoms with Gasteiger partial charge in [0.05, 0.1) is 0 Å². The van der Waals surface area contributed by atoms with E-state index >= 15 is 0 Å². The van der Waals surface area contributed by atoms with Crippen molar-refractivity contribution >= 4 is 35.0 Å². The van der Waals surface area contributed by atoms with E-state index in [1.54, 1.807) is 4.90 Å². The third-order valence-electron chi connectivity index (χ3n) is 6.80. The second-order valence-corrected chi connectivity index (χ2v) is 10.3. The van der Waals surface area contributed by atoms with Crippen molar-refractivity contribution in [3.63, 3.8) is 0 Å². The van der Waals surface area contributed by atoms with E-state index in [9.17, 15) is 9.59 Å². The number of carbonyl (C=O) groups is 2. The average Bonchev–Trinajstić information content (AvgIpc) is 3.40. The van der Waals surface area contributed by atoms with Gasteiger partial charge in [0.1, 0.15) is 6.04 Å². The van der Waals surface area contributed by atoms with Crippen LogP contribution in [0.4, 0.5) is 0 Å². The molecule has 3 aromatic carbocycles. The molecule has 6 heteroatoms. The maximum absolute atomic E-state index is 13.7. The summed E-state index contributed by atoms with van der Waals surface area (Å²) in [5, 5.41) is 4.52. The molecular formula is C30H32Cl2N2O2. The van der Waals surface area contributed by atoms with E-state index in [0.29, 0.717) is 29.4 Å². The quantitative estimate of drug-likeness (QED) is 0.325. The zero-order valence-electron chi connectivity index (χ0n) is 20.3.